The van der Waals surface area contributed by atoms with E-state index >= 15 is 0 Å². The molecule has 1 rings (SSSR count). The van der Waals surface area contributed by atoms with Crippen LogP contribution in [0.25, 0.3) is 0 Å². The van der Waals surface area contributed by atoms with Crippen LogP contribution in [0.2, 0.25) is 0 Å². The molecule has 0 aromatic heterocycles. The van der Waals surface area contributed by atoms with Crippen LogP contribution in [0.4, 0.5) is 0 Å². The Balaban J connectivity index is 2.98. The zero-order valence-corrected chi connectivity index (χ0v) is 8.84. The second-order valence-electron chi connectivity index (χ2n) is 3.13. The molecule has 0 radical (unpaired) electrons. The normalized spacial score (nSPS) is 15.4. The average Bonchev–Trinajstić information content (AvgIpc) is 2.16. The van der Waals surface area contributed by atoms with Crippen molar-refractivity contribution in [3.63, 3.8) is 0 Å². The van der Waals surface area contributed by atoms with E-state index < -0.39 is 0 Å². The van der Waals surface area contributed by atoms with Gasteiger partial charge in [0.2, 0.25) is 0 Å². The summed E-state index contributed by atoms with van der Waals surface area (Å²) >= 11 is 1.71. The quantitative estimate of drug-likeness (QED) is 0.724. The van der Waals surface area contributed by atoms with Crippen LogP contribution in [-0.4, -0.2) is 12.3 Å². The van der Waals surface area contributed by atoms with Gasteiger partial charge in [0.15, 0.2) is 0 Å². The summed E-state index contributed by atoms with van der Waals surface area (Å²) in [6.07, 6.45) is 2.05. The van der Waals surface area contributed by atoms with Gasteiger partial charge in [-0.2, -0.15) is 0 Å². The van der Waals surface area contributed by atoms with Gasteiger partial charge in [-0.05, 0) is 24.8 Å². The largest absolute Gasteiger partial charge is 0.326 e. The van der Waals surface area contributed by atoms with E-state index in [4.69, 9.17) is 11.5 Å². The van der Waals surface area contributed by atoms with Gasteiger partial charge in [-0.1, -0.05) is 18.2 Å². The Morgan fingerprint density at radius 3 is 2.38 bits per heavy atom. The molecular weight excluding hydrogens is 180 g/mol. The van der Waals surface area contributed by atoms with Gasteiger partial charge in [-0.15, -0.1) is 11.8 Å². The Morgan fingerprint density at radius 2 is 1.85 bits per heavy atom. The van der Waals surface area contributed by atoms with Crippen molar-refractivity contribution in [2.24, 2.45) is 11.5 Å². The summed E-state index contributed by atoms with van der Waals surface area (Å²) in [6.45, 7) is 1.93. The third kappa shape index (κ3) is 2.46. The monoisotopic (exact) mass is 196 g/mol. The number of hydrogen-bond donors (Lipinski definition) is 2. The van der Waals surface area contributed by atoms with E-state index in [-0.39, 0.29) is 12.1 Å². The molecule has 1 aromatic carbocycles. The number of thioether (sulfide) groups is 1. The van der Waals surface area contributed by atoms with Crippen molar-refractivity contribution in [2.45, 2.75) is 23.9 Å². The first-order valence-corrected chi connectivity index (χ1v) is 5.53. The van der Waals surface area contributed by atoms with Gasteiger partial charge in [0.1, 0.15) is 0 Å². The molecule has 0 saturated heterocycles. The van der Waals surface area contributed by atoms with E-state index in [1.165, 1.54) is 4.90 Å². The van der Waals surface area contributed by atoms with Crippen LogP contribution in [0.1, 0.15) is 18.5 Å². The number of hydrogen-bond acceptors (Lipinski definition) is 3. The fourth-order valence-corrected chi connectivity index (χ4v) is 1.88. The topological polar surface area (TPSA) is 52.0 Å². The lowest BCUT2D eigenvalue weighted by Gasteiger charge is -2.18. The van der Waals surface area contributed by atoms with Crippen molar-refractivity contribution in [1.82, 2.24) is 0 Å². The highest BCUT2D eigenvalue weighted by Gasteiger charge is 2.13. The Morgan fingerprint density at radius 1 is 1.23 bits per heavy atom. The summed E-state index contributed by atoms with van der Waals surface area (Å²) in [7, 11) is 0. The molecule has 0 saturated carbocycles. The summed E-state index contributed by atoms with van der Waals surface area (Å²) in [6, 6.07) is 8.06. The Hall–Kier alpha value is -0.510. The van der Waals surface area contributed by atoms with Crippen LogP contribution < -0.4 is 11.5 Å². The van der Waals surface area contributed by atoms with Crippen LogP contribution >= 0.6 is 11.8 Å². The summed E-state index contributed by atoms with van der Waals surface area (Å²) in [5.74, 6) is 0. The van der Waals surface area contributed by atoms with Crippen molar-refractivity contribution in [3.8, 4) is 0 Å². The van der Waals surface area contributed by atoms with Crippen LogP contribution in [0.15, 0.2) is 29.2 Å². The van der Waals surface area contributed by atoms with Gasteiger partial charge in [0, 0.05) is 17.0 Å². The molecule has 0 aliphatic carbocycles. The minimum absolute atomic E-state index is 0.00620. The molecule has 0 amide bonds. The molecule has 0 aliphatic rings. The fraction of sp³-hybridized carbons (Fsp3) is 0.400. The molecule has 2 unspecified atom stereocenters. The second-order valence-corrected chi connectivity index (χ2v) is 3.97. The molecular formula is C10H16N2S. The van der Waals surface area contributed by atoms with Crippen molar-refractivity contribution in [2.75, 3.05) is 6.26 Å². The van der Waals surface area contributed by atoms with Crippen molar-refractivity contribution < 1.29 is 0 Å². The molecule has 13 heavy (non-hydrogen) atoms. The van der Waals surface area contributed by atoms with Gasteiger partial charge in [-0.25, -0.2) is 0 Å². The fourth-order valence-electron chi connectivity index (χ4n) is 1.23. The lowest BCUT2D eigenvalue weighted by atomic mass is 10.0. The molecule has 1 aromatic rings. The van der Waals surface area contributed by atoms with E-state index in [9.17, 15) is 0 Å². The number of benzene rings is 1. The molecule has 4 N–H and O–H groups in total. The van der Waals surface area contributed by atoms with Gasteiger partial charge in [-0.3, -0.25) is 0 Å². The van der Waals surface area contributed by atoms with E-state index in [0.29, 0.717) is 0 Å². The summed E-state index contributed by atoms with van der Waals surface area (Å²) < 4.78 is 0. The number of nitrogens with two attached hydrogens (primary N) is 2. The summed E-state index contributed by atoms with van der Waals surface area (Å²) in [5.41, 5.74) is 12.9. The van der Waals surface area contributed by atoms with Crippen molar-refractivity contribution >= 4 is 11.8 Å². The third-order valence-corrected chi connectivity index (χ3v) is 2.88. The van der Waals surface area contributed by atoms with Gasteiger partial charge in [0.05, 0.1) is 0 Å². The van der Waals surface area contributed by atoms with Crippen LogP contribution in [-0.2, 0) is 0 Å². The zero-order chi connectivity index (χ0) is 9.84. The van der Waals surface area contributed by atoms with Gasteiger partial charge in [0.25, 0.3) is 0 Å². The summed E-state index contributed by atoms with van der Waals surface area (Å²) in [4.78, 5) is 1.22. The molecule has 2 atom stereocenters. The highest BCUT2D eigenvalue weighted by molar-refractivity contribution is 7.98. The van der Waals surface area contributed by atoms with Gasteiger partial charge < -0.3 is 11.5 Å². The predicted molar refractivity (Wildman–Crippen MR) is 58.8 cm³/mol. The Kier molecular flexibility index (Phi) is 3.78. The molecule has 0 heterocycles. The summed E-state index contributed by atoms with van der Waals surface area (Å²) in [5, 5.41) is 0. The Bertz CT molecular complexity index is 273. The maximum Gasteiger partial charge on any atom is 0.0457 e. The molecule has 0 fully saturated rings. The van der Waals surface area contributed by atoms with Crippen LogP contribution in [0, 0.1) is 0 Å². The molecule has 0 bridgehead atoms. The molecule has 2 nitrogen and oxygen atoms in total. The highest BCUT2D eigenvalue weighted by atomic mass is 32.2. The predicted octanol–water partition coefficient (Wildman–Crippen LogP) is 1.76. The van der Waals surface area contributed by atoms with Gasteiger partial charge >= 0.3 is 0 Å². The smallest absolute Gasteiger partial charge is 0.0457 e. The zero-order valence-electron chi connectivity index (χ0n) is 8.03. The lowest BCUT2D eigenvalue weighted by Crippen LogP contribution is -2.31. The molecule has 3 heteroatoms. The van der Waals surface area contributed by atoms with E-state index in [2.05, 4.69) is 6.07 Å². The molecule has 72 valence electrons. The average molecular weight is 196 g/mol. The van der Waals surface area contributed by atoms with Crippen molar-refractivity contribution in [3.05, 3.63) is 29.8 Å². The minimum atomic E-state index is -0.0661. The Labute approximate surface area is 83.7 Å². The van der Waals surface area contributed by atoms with Crippen molar-refractivity contribution in [1.29, 1.82) is 0 Å². The maximum absolute atomic E-state index is 5.98. The highest BCUT2D eigenvalue weighted by Crippen LogP contribution is 2.25. The SMILES string of the molecule is CSc1ccccc1C(N)C(C)N. The third-order valence-electron chi connectivity index (χ3n) is 2.06. The maximum atomic E-state index is 5.98. The van der Waals surface area contributed by atoms with Crippen LogP contribution in [0.5, 0.6) is 0 Å². The first-order chi connectivity index (χ1) is 6.16. The number of rotatable bonds is 3. The first-order valence-electron chi connectivity index (χ1n) is 4.31. The van der Waals surface area contributed by atoms with E-state index in [1.54, 1.807) is 11.8 Å². The second kappa shape index (κ2) is 4.65. The molecule has 0 spiro atoms. The van der Waals surface area contributed by atoms with E-state index in [0.717, 1.165) is 5.56 Å². The molecule has 0 aliphatic heterocycles. The first kappa shape index (κ1) is 10.6. The minimum Gasteiger partial charge on any atom is -0.326 e. The van der Waals surface area contributed by atoms with E-state index in [1.807, 2.05) is 31.4 Å². The van der Waals surface area contributed by atoms with Crippen LogP contribution in [0.3, 0.4) is 0 Å². The standard InChI is InChI=1S/C10H16N2S/c1-7(11)10(12)8-5-3-4-6-9(8)13-2/h3-7,10H,11-12H2,1-2H3. The lowest BCUT2D eigenvalue weighted by molar-refractivity contribution is 0.581.